The number of H-pyrrole nitrogens is 1. The number of nitrogens with zero attached hydrogens (tertiary/aromatic N) is 4. The second-order valence-corrected chi connectivity index (χ2v) is 9.27. The predicted octanol–water partition coefficient (Wildman–Crippen LogP) is 3.11. The highest BCUT2D eigenvalue weighted by atomic mass is 32.1. The number of likely N-dealkylation sites (tertiary alicyclic amines) is 1. The third-order valence-electron chi connectivity index (χ3n) is 6.30. The molecule has 0 bridgehead atoms. The maximum Gasteiger partial charge on any atom is 0.277 e. The summed E-state index contributed by atoms with van der Waals surface area (Å²) < 4.78 is 1.58. The number of hydrogen-bond donors (Lipinski definition) is 1. The summed E-state index contributed by atoms with van der Waals surface area (Å²) in [5, 5.41) is 5.37. The van der Waals surface area contributed by atoms with Crippen molar-refractivity contribution < 1.29 is 4.79 Å². The first-order valence-corrected chi connectivity index (χ1v) is 11.7. The number of carbonyl (C=O) groups is 1. The lowest BCUT2D eigenvalue weighted by molar-refractivity contribution is -0.134. The molecule has 5 rings (SSSR count). The predicted molar refractivity (Wildman–Crippen MR) is 117 cm³/mol. The minimum Gasteiger partial charge on any atom is -0.334 e. The van der Waals surface area contributed by atoms with Gasteiger partial charge in [-0.15, -0.1) is 11.3 Å². The molecule has 2 aliphatic heterocycles. The Hall–Kier alpha value is -2.45. The summed E-state index contributed by atoms with van der Waals surface area (Å²) in [6, 6.07) is 6.17. The zero-order valence-electron chi connectivity index (χ0n) is 17.3. The van der Waals surface area contributed by atoms with Crippen LogP contribution in [0.15, 0.2) is 28.4 Å². The van der Waals surface area contributed by atoms with Crippen molar-refractivity contribution in [1.29, 1.82) is 0 Å². The van der Waals surface area contributed by atoms with E-state index in [0.717, 1.165) is 62.3 Å². The Labute approximate surface area is 179 Å². The van der Waals surface area contributed by atoms with E-state index in [4.69, 9.17) is 4.98 Å². The molecule has 0 radical (unpaired) electrons. The quantitative estimate of drug-likeness (QED) is 0.697. The minimum atomic E-state index is -0.0127. The smallest absolute Gasteiger partial charge is 0.277 e. The molecular weight excluding hydrogens is 398 g/mol. The Kier molecular flexibility index (Phi) is 5.20. The largest absolute Gasteiger partial charge is 0.334 e. The van der Waals surface area contributed by atoms with Gasteiger partial charge < -0.3 is 4.90 Å². The summed E-state index contributed by atoms with van der Waals surface area (Å²) in [6.07, 6.45) is 4.33. The van der Waals surface area contributed by atoms with Gasteiger partial charge in [-0.05, 0) is 30.7 Å². The fraction of sp³-hybridized carbons (Fsp3) is 0.500. The molecule has 8 heteroatoms. The molecule has 158 valence electrons. The molecule has 0 spiro atoms. The lowest BCUT2D eigenvalue weighted by atomic mass is 9.99. The molecule has 5 heterocycles. The molecule has 1 fully saturated rings. The average molecular weight is 426 g/mol. The van der Waals surface area contributed by atoms with E-state index in [2.05, 4.69) is 27.5 Å². The first-order chi connectivity index (χ1) is 14.6. The molecular formula is C22H27N5O2S. The van der Waals surface area contributed by atoms with Crippen LogP contribution in [-0.2, 0) is 24.3 Å². The van der Waals surface area contributed by atoms with Gasteiger partial charge in [-0.1, -0.05) is 13.0 Å². The van der Waals surface area contributed by atoms with Crippen LogP contribution in [0.4, 0.5) is 0 Å². The normalized spacial score (nSPS) is 19.9. The van der Waals surface area contributed by atoms with E-state index in [1.807, 2.05) is 17.9 Å². The van der Waals surface area contributed by atoms with Gasteiger partial charge in [0.05, 0.1) is 23.0 Å². The van der Waals surface area contributed by atoms with E-state index in [1.54, 1.807) is 15.9 Å². The van der Waals surface area contributed by atoms with Crippen LogP contribution in [0.25, 0.3) is 5.65 Å². The zero-order valence-corrected chi connectivity index (χ0v) is 18.1. The monoisotopic (exact) mass is 425 g/mol. The summed E-state index contributed by atoms with van der Waals surface area (Å²) in [5.74, 6) is 0.169. The average Bonchev–Trinajstić information content (AvgIpc) is 3.44. The van der Waals surface area contributed by atoms with Crippen molar-refractivity contribution in [3.8, 4) is 0 Å². The van der Waals surface area contributed by atoms with Crippen molar-refractivity contribution in [3.05, 3.63) is 55.8 Å². The molecule has 1 atom stereocenters. The first-order valence-electron chi connectivity index (χ1n) is 10.8. The van der Waals surface area contributed by atoms with Gasteiger partial charge in [0.25, 0.3) is 5.56 Å². The van der Waals surface area contributed by atoms with Gasteiger partial charge in [0.2, 0.25) is 5.91 Å². The van der Waals surface area contributed by atoms with E-state index in [0.29, 0.717) is 18.6 Å². The number of carbonyl (C=O) groups excluding carboxylic acids is 1. The number of hydrogen-bond acceptors (Lipinski definition) is 5. The van der Waals surface area contributed by atoms with E-state index in [-0.39, 0.29) is 17.5 Å². The Balaban J connectivity index is 1.46. The van der Waals surface area contributed by atoms with E-state index >= 15 is 0 Å². The number of aromatic nitrogens is 3. The van der Waals surface area contributed by atoms with E-state index in [9.17, 15) is 9.59 Å². The molecule has 1 saturated heterocycles. The van der Waals surface area contributed by atoms with Gasteiger partial charge >= 0.3 is 0 Å². The van der Waals surface area contributed by atoms with Crippen LogP contribution in [0.1, 0.15) is 60.5 Å². The molecule has 7 nitrogen and oxygen atoms in total. The van der Waals surface area contributed by atoms with Gasteiger partial charge in [0.15, 0.2) is 5.65 Å². The Morgan fingerprint density at radius 3 is 3.03 bits per heavy atom. The third-order valence-corrected chi connectivity index (χ3v) is 7.17. The zero-order chi connectivity index (χ0) is 20.7. The molecule has 1 amide bonds. The number of piperidine rings is 1. The van der Waals surface area contributed by atoms with Crippen LogP contribution < -0.4 is 5.56 Å². The summed E-state index contributed by atoms with van der Waals surface area (Å²) in [6.45, 7) is 5.09. The van der Waals surface area contributed by atoms with Crippen molar-refractivity contribution in [2.75, 3.05) is 13.1 Å². The lowest BCUT2D eigenvalue weighted by Crippen LogP contribution is -2.38. The number of amides is 1. The van der Waals surface area contributed by atoms with Gasteiger partial charge in [-0.3, -0.25) is 19.6 Å². The first kappa shape index (κ1) is 19.5. The molecule has 30 heavy (non-hydrogen) atoms. The van der Waals surface area contributed by atoms with Gasteiger partial charge in [-0.2, -0.15) is 0 Å². The topological polar surface area (TPSA) is 73.7 Å². The van der Waals surface area contributed by atoms with Crippen molar-refractivity contribution in [2.45, 2.75) is 58.2 Å². The molecule has 0 saturated carbocycles. The third kappa shape index (κ3) is 3.48. The van der Waals surface area contributed by atoms with Gasteiger partial charge in [0.1, 0.15) is 0 Å². The molecule has 1 N–H and O–H groups in total. The van der Waals surface area contributed by atoms with E-state index in [1.165, 1.54) is 4.88 Å². The fourth-order valence-corrected chi connectivity index (χ4v) is 5.49. The van der Waals surface area contributed by atoms with Crippen LogP contribution in [-0.4, -0.2) is 43.4 Å². The molecule has 3 aromatic rings. The molecule has 0 aliphatic carbocycles. The second kappa shape index (κ2) is 8.00. The summed E-state index contributed by atoms with van der Waals surface area (Å²) >= 11 is 1.75. The fourth-order valence-electron chi connectivity index (χ4n) is 4.74. The van der Waals surface area contributed by atoms with Crippen molar-refractivity contribution >= 4 is 22.9 Å². The standard InChI is InChI=1S/C22H27N5O2S/c1-2-21(28)26-9-4-3-7-19(26)18-12-20-23-17-8-10-25(13-15-6-5-11-30-15)14-16(17)22(29)27(20)24-18/h5-6,11-12,19,24H,2-4,7-10,13-14H2,1H3/t19-/m0/s1. The molecule has 0 aromatic carbocycles. The van der Waals surface area contributed by atoms with Crippen LogP contribution >= 0.6 is 11.3 Å². The Morgan fingerprint density at radius 2 is 2.23 bits per heavy atom. The van der Waals surface area contributed by atoms with Gasteiger partial charge in [0, 0.05) is 50.0 Å². The van der Waals surface area contributed by atoms with Crippen LogP contribution in [0.5, 0.6) is 0 Å². The summed E-state index contributed by atoms with van der Waals surface area (Å²) in [4.78, 5) is 36.1. The number of rotatable bonds is 4. The minimum absolute atomic E-state index is 0.000319. The maximum atomic E-state index is 13.3. The summed E-state index contributed by atoms with van der Waals surface area (Å²) in [7, 11) is 0. The molecule has 0 unspecified atom stereocenters. The number of nitrogens with one attached hydrogen (secondary N) is 1. The highest BCUT2D eigenvalue weighted by Crippen LogP contribution is 2.31. The molecule has 3 aromatic heterocycles. The molecule has 2 aliphatic rings. The van der Waals surface area contributed by atoms with Crippen LogP contribution in [0.2, 0.25) is 0 Å². The second-order valence-electron chi connectivity index (χ2n) is 8.24. The summed E-state index contributed by atoms with van der Waals surface area (Å²) in [5.41, 5.74) is 3.27. The number of fused-ring (bicyclic) bond motifs is 2. The highest BCUT2D eigenvalue weighted by molar-refractivity contribution is 7.09. The lowest BCUT2D eigenvalue weighted by Gasteiger charge is -2.35. The Bertz CT molecular complexity index is 1120. The number of thiophene rings is 1. The Morgan fingerprint density at radius 1 is 1.33 bits per heavy atom. The van der Waals surface area contributed by atoms with Crippen LogP contribution in [0, 0.1) is 0 Å². The SMILES string of the molecule is CCC(=O)N1CCCC[C@H]1c1cc2nc3c(c(=O)n2[nH]1)CN(Cc1cccs1)CC3. The number of aromatic amines is 1. The van der Waals surface area contributed by atoms with Crippen molar-refractivity contribution in [3.63, 3.8) is 0 Å². The van der Waals surface area contributed by atoms with Gasteiger partial charge in [-0.25, -0.2) is 9.50 Å². The highest BCUT2D eigenvalue weighted by Gasteiger charge is 2.29. The maximum absolute atomic E-state index is 13.3. The van der Waals surface area contributed by atoms with Crippen molar-refractivity contribution in [2.24, 2.45) is 0 Å². The van der Waals surface area contributed by atoms with E-state index < -0.39 is 0 Å². The van der Waals surface area contributed by atoms with Crippen LogP contribution in [0.3, 0.4) is 0 Å². The van der Waals surface area contributed by atoms with Crippen molar-refractivity contribution in [1.82, 2.24) is 24.4 Å².